The Morgan fingerprint density at radius 2 is 1.85 bits per heavy atom. The van der Waals surface area contributed by atoms with Crippen molar-refractivity contribution in [3.05, 3.63) is 83.2 Å². The van der Waals surface area contributed by atoms with Crippen LogP contribution in [0.5, 0.6) is 5.75 Å². The Hall–Kier alpha value is -3.08. The van der Waals surface area contributed by atoms with Crippen LogP contribution in [0.25, 0.3) is 0 Å². The summed E-state index contributed by atoms with van der Waals surface area (Å²) >= 11 is 0. The van der Waals surface area contributed by atoms with Crippen LogP contribution in [0.2, 0.25) is 0 Å². The first kappa shape index (κ1) is 18.7. The van der Waals surface area contributed by atoms with Crippen molar-refractivity contribution in [3.8, 4) is 5.75 Å². The zero-order valence-corrected chi connectivity index (χ0v) is 16.0. The van der Waals surface area contributed by atoms with Crippen LogP contribution in [0.1, 0.15) is 41.0 Å². The third kappa shape index (κ3) is 4.97. The van der Waals surface area contributed by atoms with Gasteiger partial charge in [0.25, 0.3) is 5.91 Å². The molecule has 2 aromatic carbocycles. The lowest BCUT2D eigenvalue weighted by molar-refractivity contribution is 0.0950. The molecule has 3 rings (SSSR count). The van der Waals surface area contributed by atoms with Crippen LogP contribution in [-0.2, 0) is 13.1 Å². The Morgan fingerprint density at radius 1 is 1.11 bits per heavy atom. The maximum Gasteiger partial charge on any atom is 0.255 e. The fourth-order valence-electron chi connectivity index (χ4n) is 2.86. The number of hydrogen-bond donors (Lipinski definition) is 1. The molecule has 0 fully saturated rings. The largest absolute Gasteiger partial charge is 0.491 e. The lowest BCUT2D eigenvalue weighted by atomic mass is 10.2. The van der Waals surface area contributed by atoms with Gasteiger partial charge in [0.05, 0.1) is 24.4 Å². The summed E-state index contributed by atoms with van der Waals surface area (Å²) < 4.78 is 7.55. The smallest absolute Gasteiger partial charge is 0.255 e. The van der Waals surface area contributed by atoms with E-state index in [1.807, 2.05) is 80.1 Å². The molecule has 0 spiro atoms. The van der Waals surface area contributed by atoms with Gasteiger partial charge in [0, 0.05) is 12.2 Å². The minimum Gasteiger partial charge on any atom is -0.491 e. The molecule has 5 nitrogen and oxygen atoms in total. The van der Waals surface area contributed by atoms with Gasteiger partial charge in [-0.1, -0.05) is 42.5 Å². The van der Waals surface area contributed by atoms with E-state index in [4.69, 9.17) is 4.74 Å². The van der Waals surface area contributed by atoms with Crippen LogP contribution in [0.3, 0.4) is 0 Å². The van der Waals surface area contributed by atoms with Crippen molar-refractivity contribution in [2.45, 2.75) is 40.0 Å². The highest BCUT2D eigenvalue weighted by molar-refractivity contribution is 5.95. The maximum absolute atomic E-state index is 12.6. The van der Waals surface area contributed by atoms with Crippen molar-refractivity contribution < 1.29 is 9.53 Å². The summed E-state index contributed by atoms with van der Waals surface area (Å²) in [7, 11) is 0. The number of ether oxygens (including phenoxy) is 1. The summed E-state index contributed by atoms with van der Waals surface area (Å²) in [6.45, 7) is 6.99. The quantitative estimate of drug-likeness (QED) is 0.691. The van der Waals surface area contributed by atoms with Crippen molar-refractivity contribution in [1.82, 2.24) is 15.1 Å². The molecule has 1 amide bonds. The Kier molecular flexibility index (Phi) is 5.91. The van der Waals surface area contributed by atoms with Gasteiger partial charge in [-0.15, -0.1) is 0 Å². The van der Waals surface area contributed by atoms with E-state index in [1.165, 1.54) is 0 Å². The third-order valence-corrected chi connectivity index (χ3v) is 4.25. The monoisotopic (exact) mass is 363 g/mol. The van der Waals surface area contributed by atoms with Gasteiger partial charge in [0.2, 0.25) is 0 Å². The van der Waals surface area contributed by atoms with Crippen LogP contribution < -0.4 is 10.1 Å². The number of carbonyl (C=O) groups is 1. The molecule has 27 heavy (non-hydrogen) atoms. The Bertz CT molecular complexity index is 901. The Balaban J connectivity index is 1.63. The van der Waals surface area contributed by atoms with Crippen molar-refractivity contribution in [2.75, 3.05) is 0 Å². The molecule has 1 heterocycles. The molecule has 0 radical (unpaired) electrons. The zero-order chi connectivity index (χ0) is 19.2. The normalized spacial score (nSPS) is 10.8. The fraction of sp³-hybridized carbons (Fsp3) is 0.273. The first-order valence-corrected chi connectivity index (χ1v) is 9.13. The van der Waals surface area contributed by atoms with Crippen molar-refractivity contribution >= 4 is 5.91 Å². The number of aromatic nitrogens is 2. The van der Waals surface area contributed by atoms with Crippen LogP contribution in [0, 0.1) is 6.92 Å². The summed E-state index contributed by atoms with van der Waals surface area (Å²) in [6, 6.07) is 17.9. The average Bonchev–Trinajstić information content (AvgIpc) is 3.01. The predicted octanol–water partition coefficient (Wildman–Crippen LogP) is 3.96. The molecular weight excluding hydrogens is 338 g/mol. The molecular formula is C22H25N3O2. The van der Waals surface area contributed by atoms with Gasteiger partial charge in [0.15, 0.2) is 0 Å². The first-order chi connectivity index (χ1) is 13.0. The zero-order valence-electron chi connectivity index (χ0n) is 16.0. The highest BCUT2D eigenvalue weighted by Gasteiger charge is 2.14. The van der Waals surface area contributed by atoms with E-state index < -0.39 is 0 Å². The Morgan fingerprint density at radius 3 is 2.59 bits per heavy atom. The summed E-state index contributed by atoms with van der Waals surface area (Å²) in [5.74, 6) is 0.686. The number of benzene rings is 2. The molecule has 0 aliphatic heterocycles. The predicted molar refractivity (Wildman–Crippen MR) is 106 cm³/mol. The van der Waals surface area contributed by atoms with Gasteiger partial charge in [0.1, 0.15) is 5.75 Å². The lowest BCUT2D eigenvalue weighted by Gasteiger charge is -2.11. The van der Waals surface area contributed by atoms with Gasteiger partial charge >= 0.3 is 0 Å². The van der Waals surface area contributed by atoms with E-state index in [0.717, 1.165) is 22.6 Å². The van der Waals surface area contributed by atoms with Crippen LogP contribution in [0.15, 0.2) is 60.8 Å². The summed E-state index contributed by atoms with van der Waals surface area (Å²) in [6.07, 6.45) is 1.75. The van der Waals surface area contributed by atoms with E-state index in [9.17, 15) is 4.79 Å². The van der Waals surface area contributed by atoms with Gasteiger partial charge in [-0.25, -0.2) is 0 Å². The molecule has 0 aliphatic rings. The van der Waals surface area contributed by atoms with Crippen LogP contribution >= 0.6 is 0 Å². The van der Waals surface area contributed by atoms with Crippen molar-refractivity contribution in [3.63, 3.8) is 0 Å². The lowest BCUT2D eigenvalue weighted by Crippen LogP contribution is -2.23. The fourth-order valence-corrected chi connectivity index (χ4v) is 2.86. The van der Waals surface area contributed by atoms with Gasteiger partial charge < -0.3 is 10.1 Å². The maximum atomic E-state index is 12.6. The van der Waals surface area contributed by atoms with Crippen molar-refractivity contribution in [2.24, 2.45) is 0 Å². The molecule has 3 aromatic rings. The summed E-state index contributed by atoms with van der Waals surface area (Å²) in [4.78, 5) is 12.6. The summed E-state index contributed by atoms with van der Waals surface area (Å²) in [5.41, 5.74) is 3.60. The minimum absolute atomic E-state index is 0.118. The van der Waals surface area contributed by atoms with E-state index >= 15 is 0 Å². The number of rotatable bonds is 7. The summed E-state index contributed by atoms with van der Waals surface area (Å²) in [5, 5.41) is 7.34. The second kappa shape index (κ2) is 8.54. The van der Waals surface area contributed by atoms with Gasteiger partial charge in [-0.2, -0.15) is 5.10 Å². The topological polar surface area (TPSA) is 56.1 Å². The SMILES string of the molecule is Cc1c(C(=O)NCc2cccc(OC(C)C)c2)cnn1Cc1ccccc1. The first-order valence-electron chi connectivity index (χ1n) is 9.13. The number of carbonyl (C=O) groups excluding carboxylic acids is 1. The number of hydrogen-bond acceptors (Lipinski definition) is 3. The highest BCUT2D eigenvalue weighted by Crippen LogP contribution is 2.15. The second-order valence-corrected chi connectivity index (χ2v) is 6.78. The molecule has 1 N–H and O–H groups in total. The molecule has 0 bridgehead atoms. The second-order valence-electron chi connectivity index (χ2n) is 6.78. The van der Waals surface area contributed by atoms with E-state index in [2.05, 4.69) is 10.4 Å². The molecule has 1 aromatic heterocycles. The minimum atomic E-state index is -0.123. The molecule has 0 aliphatic carbocycles. The number of nitrogens with zero attached hydrogens (tertiary/aromatic N) is 2. The molecule has 0 saturated heterocycles. The van der Waals surface area contributed by atoms with E-state index in [-0.39, 0.29) is 12.0 Å². The van der Waals surface area contributed by atoms with Gasteiger partial charge in [-0.3, -0.25) is 9.48 Å². The van der Waals surface area contributed by atoms with E-state index in [1.54, 1.807) is 6.20 Å². The number of amides is 1. The van der Waals surface area contributed by atoms with Gasteiger partial charge in [-0.05, 0) is 44.0 Å². The standard InChI is InChI=1S/C22H25N3O2/c1-16(2)27-20-11-7-10-19(12-20)13-23-22(26)21-14-24-25(17(21)3)15-18-8-5-4-6-9-18/h4-12,14,16H,13,15H2,1-3H3,(H,23,26). The Labute approximate surface area is 160 Å². The number of nitrogens with one attached hydrogen (secondary N) is 1. The molecule has 140 valence electrons. The molecule has 0 unspecified atom stereocenters. The van der Waals surface area contributed by atoms with Crippen molar-refractivity contribution in [1.29, 1.82) is 0 Å². The van der Waals surface area contributed by atoms with E-state index in [0.29, 0.717) is 18.7 Å². The van der Waals surface area contributed by atoms with Crippen LogP contribution in [-0.4, -0.2) is 21.8 Å². The third-order valence-electron chi connectivity index (χ3n) is 4.25. The average molecular weight is 363 g/mol. The molecule has 0 atom stereocenters. The highest BCUT2D eigenvalue weighted by atomic mass is 16.5. The molecule has 0 saturated carbocycles. The molecule has 5 heteroatoms. The van der Waals surface area contributed by atoms with Crippen LogP contribution in [0.4, 0.5) is 0 Å².